The van der Waals surface area contributed by atoms with Gasteiger partial charge in [0.15, 0.2) is 11.6 Å². The molecule has 0 bridgehead atoms. The van der Waals surface area contributed by atoms with Crippen LogP contribution in [0.15, 0.2) is 18.2 Å². The van der Waals surface area contributed by atoms with Crippen molar-refractivity contribution in [1.82, 2.24) is 0 Å². The molecule has 4 heteroatoms. The van der Waals surface area contributed by atoms with Crippen LogP contribution in [0, 0.1) is 11.7 Å². The summed E-state index contributed by atoms with van der Waals surface area (Å²) in [5.74, 6) is 0.694. The Morgan fingerprint density at radius 2 is 2.19 bits per heavy atom. The van der Waals surface area contributed by atoms with E-state index in [1.807, 2.05) is 6.07 Å². The van der Waals surface area contributed by atoms with Gasteiger partial charge in [-0.2, -0.15) is 0 Å². The molecule has 1 saturated carbocycles. The zero-order valence-electron chi connectivity index (χ0n) is 9.28. The van der Waals surface area contributed by atoms with Gasteiger partial charge in [-0.05, 0) is 18.4 Å². The van der Waals surface area contributed by atoms with Crippen LogP contribution < -0.4 is 10.5 Å². The van der Waals surface area contributed by atoms with Crippen LogP contribution in [0.3, 0.4) is 0 Å². The molecule has 0 heterocycles. The van der Waals surface area contributed by atoms with Crippen LogP contribution in [-0.2, 0) is 0 Å². The molecule has 2 rings (SSSR count). The first-order valence-electron chi connectivity index (χ1n) is 5.30. The first kappa shape index (κ1) is 13.3. The lowest BCUT2D eigenvalue weighted by atomic mass is 10.0. The fourth-order valence-corrected chi connectivity index (χ4v) is 1.87. The SMILES string of the molecule is COc1c(F)cccc1[C@@H](N)CC1CC1.Cl. The molecule has 0 aliphatic heterocycles. The lowest BCUT2D eigenvalue weighted by Gasteiger charge is -2.15. The Morgan fingerprint density at radius 1 is 1.50 bits per heavy atom. The molecule has 2 nitrogen and oxygen atoms in total. The topological polar surface area (TPSA) is 35.2 Å². The average Bonchev–Trinajstić information content (AvgIpc) is 3.01. The summed E-state index contributed by atoms with van der Waals surface area (Å²) < 4.78 is 18.4. The standard InChI is InChI=1S/C12H16FNO.ClH/c1-15-12-9(3-2-4-10(12)13)11(14)7-8-5-6-8;/h2-4,8,11H,5-7,14H2,1H3;1H/t11-;/m0./s1. The third kappa shape index (κ3) is 2.86. The predicted octanol–water partition coefficient (Wildman–Crippen LogP) is 3.06. The Labute approximate surface area is 101 Å². The lowest BCUT2D eigenvalue weighted by molar-refractivity contribution is 0.375. The van der Waals surface area contributed by atoms with E-state index in [1.165, 1.54) is 26.0 Å². The average molecular weight is 246 g/mol. The molecule has 1 aliphatic rings. The Hall–Kier alpha value is -0.800. The van der Waals surface area contributed by atoms with E-state index in [9.17, 15) is 4.39 Å². The summed E-state index contributed by atoms with van der Waals surface area (Å²) in [5, 5.41) is 0. The Bertz CT molecular complexity index is 355. The number of hydrogen-bond acceptors (Lipinski definition) is 2. The monoisotopic (exact) mass is 245 g/mol. The number of halogens is 2. The second kappa shape index (κ2) is 5.51. The molecule has 90 valence electrons. The first-order chi connectivity index (χ1) is 7.22. The molecular formula is C12H17ClFNO. The van der Waals surface area contributed by atoms with Crippen LogP contribution in [0.2, 0.25) is 0 Å². The van der Waals surface area contributed by atoms with E-state index >= 15 is 0 Å². The minimum atomic E-state index is -0.332. The number of hydrogen-bond donors (Lipinski definition) is 1. The van der Waals surface area contributed by atoms with Crippen molar-refractivity contribution in [2.45, 2.75) is 25.3 Å². The van der Waals surface area contributed by atoms with Crippen molar-refractivity contribution < 1.29 is 9.13 Å². The van der Waals surface area contributed by atoms with E-state index in [1.54, 1.807) is 6.07 Å². The van der Waals surface area contributed by atoms with Gasteiger partial charge in [-0.25, -0.2) is 4.39 Å². The predicted molar refractivity (Wildman–Crippen MR) is 64.5 cm³/mol. The number of ether oxygens (including phenoxy) is 1. The molecule has 0 unspecified atom stereocenters. The van der Waals surface area contributed by atoms with Crippen molar-refractivity contribution in [3.63, 3.8) is 0 Å². The molecular weight excluding hydrogens is 229 g/mol. The quantitative estimate of drug-likeness (QED) is 0.885. The Kier molecular flexibility index (Phi) is 4.56. The fourth-order valence-electron chi connectivity index (χ4n) is 1.87. The maximum atomic E-state index is 13.4. The molecule has 0 aromatic heterocycles. The van der Waals surface area contributed by atoms with Crippen LogP contribution in [0.5, 0.6) is 5.75 Å². The number of nitrogens with two attached hydrogens (primary N) is 1. The molecule has 0 saturated heterocycles. The van der Waals surface area contributed by atoms with Gasteiger partial charge in [-0.1, -0.05) is 25.0 Å². The summed E-state index contributed by atoms with van der Waals surface area (Å²) in [5.41, 5.74) is 6.82. The van der Waals surface area contributed by atoms with Gasteiger partial charge in [0.25, 0.3) is 0 Å². The van der Waals surface area contributed by atoms with Gasteiger partial charge < -0.3 is 10.5 Å². The second-order valence-corrected chi connectivity index (χ2v) is 4.15. The van der Waals surface area contributed by atoms with E-state index in [4.69, 9.17) is 10.5 Å². The van der Waals surface area contributed by atoms with Gasteiger partial charge in [0, 0.05) is 11.6 Å². The minimum Gasteiger partial charge on any atom is -0.493 e. The number of rotatable bonds is 4. The normalized spacial score (nSPS) is 16.4. The summed E-state index contributed by atoms with van der Waals surface area (Å²) in [6.07, 6.45) is 3.44. The lowest BCUT2D eigenvalue weighted by Crippen LogP contribution is -2.12. The Morgan fingerprint density at radius 3 is 2.75 bits per heavy atom. The summed E-state index contributed by atoms with van der Waals surface area (Å²) in [7, 11) is 1.48. The zero-order chi connectivity index (χ0) is 10.8. The molecule has 1 aromatic rings. The van der Waals surface area contributed by atoms with Gasteiger partial charge >= 0.3 is 0 Å². The highest BCUT2D eigenvalue weighted by molar-refractivity contribution is 5.85. The van der Waals surface area contributed by atoms with E-state index in [0.717, 1.165) is 17.9 Å². The highest BCUT2D eigenvalue weighted by Crippen LogP contribution is 2.39. The summed E-state index contributed by atoms with van der Waals surface area (Å²) in [6.45, 7) is 0. The molecule has 2 N–H and O–H groups in total. The zero-order valence-corrected chi connectivity index (χ0v) is 10.1. The second-order valence-electron chi connectivity index (χ2n) is 4.15. The largest absolute Gasteiger partial charge is 0.493 e. The van der Waals surface area contributed by atoms with E-state index in [-0.39, 0.29) is 24.3 Å². The molecule has 16 heavy (non-hydrogen) atoms. The number of methoxy groups -OCH3 is 1. The molecule has 0 amide bonds. The van der Waals surface area contributed by atoms with Gasteiger partial charge in [0.2, 0.25) is 0 Å². The number of para-hydroxylation sites is 1. The van der Waals surface area contributed by atoms with Gasteiger partial charge in [0.05, 0.1) is 7.11 Å². The van der Waals surface area contributed by atoms with E-state index < -0.39 is 0 Å². The van der Waals surface area contributed by atoms with Gasteiger partial charge in [0.1, 0.15) is 0 Å². The molecule has 1 aromatic carbocycles. The summed E-state index contributed by atoms with van der Waals surface area (Å²) >= 11 is 0. The van der Waals surface area contributed by atoms with Crippen molar-refractivity contribution in [3.8, 4) is 5.75 Å². The smallest absolute Gasteiger partial charge is 0.165 e. The number of benzene rings is 1. The van der Waals surface area contributed by atoms with Crippen LogP contribution in [0.4, 0.5) is 4.39 Å². The molecule has 1 atom stereocenters. The van der Waals surface area contributed by atoms with Crippen molar-refractivity contribution in [2.24, 2.45) is 11.7 Å². The van der Waals surface area contributed by atoms with Crippen molar-refractivity contribution in [2.75, 3.05) is 7.11 Å². The third-order valence-electron chi connectivity index (χ3n) is 2.89. The maximum Gasteiger partial charge on any atom is 0.165 e. The minimum absolute atomic E-state index is 0. The summed E-state index contributed by atoms with van der Waals surface area (Å²) in [4.78, 5) is 0. The van der Waals surface area contributed by atoms with Crippen LogP contribution >= 0.6 is 12.4 Å². The highest BCUT2D eigenvalue weighted by Gasteiger charge is 2.26. The summed E-state index contributed by atoms with van der Waals surface area (Å²) in [6, 6.07) is 4.81. The van der Waals surface area contributed by atoms with Crippen LogP contribution in [0.1, 0.15) is 30.9 Å². The molecule has 1 fully saturated rings. The van der Waals surface area contributed by atoms with Crippen molar-refractivity contribution in [1.29, 1.82) is 0 Å². The molecule has 0 spiro atoms. The highest BCUT2D eigenvalue weighted by atomic mass is 35.5. The van der Waals surface area contributed by atoms with E-state index in [0.29, 0.717) is 5.75 Å². The molecule has 1 aliphatic carbocycles. The van der Waals surface area contributed by atoms with Crippen LogP contribution in [-0.4, -0.2) is 7.11 Å². The maximum absolute atomic E-state index is 13.4. The van der Waals surface area contributed by atoms with Gasteiger partial charge in [-0.15, -0.1) is 12.4 Å². The van der Waals surface area contributed by atoms with Crippen molar-refractivity contribution >= 4 is 12.4 Å². The molecule has 0 radical (unpaired) electrons. The van der Waals surface area contributed by atoms with Crippen LogP contribution in [0.25, 0.3) is 0 Å². The first-order valence-corrected chi connectivity index (χ1v) is 5.30. The fraction of sp³-hybridized carbons (Fsp3) is 0.500. The van der Waals surface area contributed by atoms with Gasteiger partial charge in [-0.3, -0.25) is 0 Å². The van der Waals surface area contributed by atoms with E-state index in [2.05, 4.69) is 0 Å². The Balaban J connectivity index is 0.00000128. The third-order valence-corrected chi connectivity index (χ3v) is 2.89. The van der Waals surface area contributed by atoms with Crippen molar-refractivity contribution in [3.05, 3.63) is 29.6 Å².